The van der Waals surface area contributed by atoms with Gasteiger partial charge in [0, 0.05) is 32.1 Å². The summed E-state index contributed by atoms with van der Waals surface area (Å²) >= 11 is 1.48. The van der Waals surface area contributed by atoms with Gasteiger partial charge in [-0.25, -0.2) is 13.4 Å². The van der Waals surface area contributed by atoms with E-state index in [2.05, 4.69) is 14.3 Å². The molecule has 1 aromatic heterocycles. The van der Waals surface area contributed by atoms with E-state index in [1.807, 2.05) is 6.07 Å². The van der Waals surface area contributed by atoms with Crippen LogP contribution < -0.4 is 4.90 Å². The number of sulfonamides is 1. The second-order valence-corrected chi connectivity index (χ2v) is 8.63. The Hall–Kier alpha value is -1.51. The SMILES string of the molecule is O=S(=O)(c1ccccc1)N1CCN(c2nsc(C3CC3)n2)CC1. The van der Waals surface area contributed by atoms with Crippen molar-refractivity contribution in [3.05, 3.63) is 35.3 Å². The van der Waals surface area contributed by atoms with Gasteiger partial charge in [-0.2, -0.15) is 8.68 Å². The van der Waals surface area contributed by atoms with Crippen molar-refractivity contribution in [1.29, 1.82) is 0 Å². The van der Waals surface area contributed by atoms with E-state index >= 15 is 0 Å². The molecule has 2 aromatic rings. The Balaban J connectivity index is 1.44. The van der Waals surface area contributed by atoms with Gasteiger partial charge in [0.1, 0.15) is 5.01 Å². The van der Waals surface area contributed by atoms with E-state index in [0.717, 1.165) is 11.0 Å². The normalized spacial score (nSPS) is 19.9. The summed E-state index contributed by atoms with van der Waals surface area (Å²) in [5.74, 6) is 1.37. The van der Waals surface area contributed by atoms with Gasteiger partial charge < -0.3 is 4.90 Å². The highest BCUT2D eigenvalue weighted by Gasteiger charge is 2.31. The van der Waals surface area contributed by atoms with Crippen molar-refractivity contribution >= 4 is 27.5 Å². The Morgan fingerprint density at radius 1 is 1.04 bits per heavy atom. The minimum Gasteiger partial charge on any atom is -0.337 e. The van der Waals surface area contributed by atoms with Crippen molar-refractivity contribution in [2.75, 3.05) is 31.1 Å². The zero-order valence-corrected chi connectivity index (χ0v) is 14.3. The second kappa shape index (κ2) is 5.85. The van der Waals surface area contributed by atoms with Crippen molar-refractivity contribution < 1.29 is 8.42 Å². The lowest BCUT2D eigenvalue weighted by molar-refractivity contribution is 0.383. The number of hydrogen-bond acceptors (Lipinski definition) is 6. The molecule has 4 rings (SSSR count). The molecular formula is C15H18N4O2S2. The first-order valence-electron chi connectivity index (χ1n) is 7.78. The summed E-state index contributed by atoms with van der Waals surface area (Å²) in [6, 6.07) is 8.61. The Kier molecular flexibility index (Phi) is 3.82. The highest BCUT2D eigenvalue weighted by atomic mass is 32.2. The molecule has 6 nitrogen and oxygen atoms in total. The van der Waals surface area contributed by atoms with Crippen LogP contribution in [0.3, 0.4) is 0 Å². The van der Waals surface area contributed by atoms with Gasteiger partial charge in [-0.1, -0.05) is 18.2 Å². The molecule has 0 bridgehead atoms. The molecule has 1 saturated heterocycles. The number of piperazine rings is 1. The van der Waals surface area contributed by atoms with Crippen molar-refractivity contribution in [3.63, 3.8) is 0 Å². The molecule has 0 N–H and O–H groups in total. The third-order valence-corrected chi connectivity index (χ3v) is 7.04. The summed E-state index contributed by atoms with van der Waals surface area (Å²) in [7, 11) is -3.40. The van der Waals surface area contributed by atoms with Crippen LogP contribution in [0.25, 0.3) is 0 Å². The molecule has 122 valence electrons. The molecule has 0 amide bonds. The van der Waals surface area contributed by atoms with Crippen LogP contribution in [0.1, 0.15) is 23.8 Å². The van der Waals surface area contributed by atoms with Gasteiger partial charge >= 0.3 is 0 Å². The van der Waals surface area contributed by atoms with E-state index in [1.165, 1.54) is 24.4 Å². The predicted molar refractivity (Wildman–Crippen MR) is 89.3 cm³/mol. The van der Waals surface area contributed by atoms with Crippen LogP contribution in [-0.2, 0) is 10.0 Å². The highest BCUT2D eigenvalue weighted by molar-refractivity contribution is 7.89. The summed E-state index contributed by atoms with van der Waals surface area (Å²) in [4.78, 5) is 7.05. The maximum absolute atomic E-state index is 12.6. The van der Waals surface area contributed by atoms with E-state index in [9.17, 15) is 8.42 Å². The average Bonchev–Trinajstić information content (AvgIpc) is 3.33. The van der Waals surface area contributed by atoms with Gasteiger partial charge in [-0.15, -0.1) is 0 Å². The number of benzene rings is 1. The highest BCUT2D eigenvalue weighted by Crippen LogP contribution is 2.41. The average molecular weight is 350 g/mol. The van der Waals surface area contributed by atoms with Crippen LogP contribution in [0.5, 0.6) is 0 Å². The maximum atomic E-state index is 12.6. The summed E-state index contributed by atoms with van der Waals surface area (Å²) in [5, 5.41) is 1.12. The molecule has 2 fully saturated rings. The van der Waals surface area contributed by atoms with Gasteiger partial charge in [0.05, 0.1) is 4.90 Å². The lowest BCUT2D eigenvalue weighted by Crippen LogP contribution is -2.49. The molecule has 1 aromatic carbocycles. The maximum Gasteiger partial charge on any atom is 0.243 e. The Labute approximate surface area is 140 Å². The lowest BCUT2D eigenvalue weighted by Gasteiger charge is -2.33. The number of aromatic nitrogens is 2. The van der Waals surface area contributed by atoms with E-state index in [1.54, 1.807) is 28.6 Å². The van der Waals surface area contributed by atoms with Gasteiger partial charge in [0.2, 0.25) is 16.0 Å². The van der Waals surface area contributed by atoms with Crippen LogP contribution in [0, 0.1) is 0 Å². The number of anilines is 1. The van der Waals surface area contributed by atoms with E-state index in [4.69, 9.17) is 0 Å². The molecule has 0 atom stereocenters. The Morgan fingerprint density at radius 3 is 2.39 bits per heavy atom. The molecule has 2 aliphatic rings. The minimum absolute atomic E-state index is 0.358. The molecule has 0 spiro atoms. The fourth-order valence-electron chi connectivity index (χ4n) is 2.72. The first kappa shape index (κ1) is 15.0. The molecular weight excluding hydrogens is 332 g/mol. The quantitative estimate of drug-likeness (QED) is 0.843. The minimum atomic E-state index is -3.40. The molecule has 1 aliphatic carbocycles. The molecule has 2 heterocycles. The zero-order chi connectivity index (χ0) is 15.9. The molecule has 1 saturated carbocycles. The van der Waals surface area contributed by atoms with E-state index in [0.29, 0.717) is 37.0 Å². The molecule has 1 aliphatic heterocycles. The largest absolute Gasteiger partial charge is 0.337 e. The fraction of sp³-hybridized carbons (Fsp3) is 0.467. The van der Waals surface area contributed by atoms with E-state index in [-0.39, 0.29) is 0 Å². The van der Waals surface area contributed by atoms with Crippen molar-refractivity contribution in [2.45, 2.75) is 23.7 Å². The van der Waals surface area contributed by atoms with Crippen LogP contribution in [0.15, 0.2) is 35.2 Å². The van der Waals surface area contributed by atoms with Crippen LogP contribution in [0.4, 0.5) is 5.95 Å². The first-order valence-corrected chi connectivity index (χ1v) is 10.00. The fourth-order valence-corrected chi connectivity index (χ4v) is 5.00. The number of rotatable bonds is 4. The molecule has 23 heavy (non-hydrogen) atoms. The van der Waals surface area contributed by atoms with Crippen LogP contribution >= 0.6 is 11.5 Å². The molecule has 0 radical (unpaired) electrons. The second-order valence-electron chi connectivity index (χ2n) is 5.91. The van der Waals surface area contributed by atoms with Gasteiger partial charge in [-0.3, -0.25) is 0 Å². The zero-order valence-electron chi connectivity index (χ0n) is 12.6. The Bertz CT molecular complexity index is 779. The van der Waals surface area contributed by atoms with Crippen LogP contribution in [0.2, 0.25) is 0 Å². The third-order valence-electron chi connectivity index (χ3n) is 4.26. The monoisotopic (exact) mass is 350 g/mol. The molecule has 8 heteroatoms. The van der Waals surface area contributed by atoms with Crippen LogP contribution in [-0.4, -0.2) is 48.3 Å². The summed E-state index contributed by atoms with van der Waals surface area (Å²) in [6.07, 6.45) is 2.44. The summed E-state index contributed by atoms with van der Waals surface area (Å²) in [6.45, 7) is 2.20. The first-order chi connectivity index (χ1) is 11.1. The predicted octanol–water partition coefficient (Wildman–Crippen LogP) is 1.93. The lowest BCUT2D eigenvalue weighted by atomic mass is 10.4. The van der Waals surface area contributed by atoms with E-state index < -0.39 is 10.0 Å². The van der Waals surface area contributed by atoms with Crippen molar-refractivity contribution in [1.82, 2.24) is 13.7 Å². The number of nitrogens with zero attached hydrogens (tertiary/aromatic N) is 4. The summed E-state index contributed by atoms with van der Waals surface area (Å²) in [5.41, 5.74) is 0. The Morgan fingerprint density at radius 2 is 1.74 bits per heavy atom. The number of hydrogen-bond donors (Lipinski definition) is 0. The third kappa shape index (κ3) is 2.98. The standard InChI is InChI=1S/C15H18N4O2S2/c20-23(21,13-4-2-1-3-5-13)19-10-8-18(9-11-19)15-16-14(22-17-15)12-6-7-12/h1-5,12H,6-11H2. The summed E-state index contributed by atoms with van der Waals surface area (Å²) < 4.78 is 31.2. The smallest absolute Gasteiger partial charge is 0.243 e. The van der Waals surface area contributed by atoms with Gasteiger partial charge in [0.25, 0.3) is 0 Å². The molecule has 0 unspecified atom stereocenters. The topological polar surface area (TPSA) is 66.4 Å². The van der Waals surface area contributed by atoms with Gasteiger partial charge in [-0.05, 0) is 36.5 Å². The van der Waals surface area contributed by atoms with Gasteiger partial charge in [0.15, 0.2) is 0 Å². The van der Waals surface area contributed by atoms with Crippen molar-refractivity contribution in [3.8, 4) is 0 Å². The van der Waals surface area contributed by atoms with Crippen molar-refractivity contribution in [2.24, 2.45) is 0 Å².